The van der Waals surface area contributed by atoms with Crippen LogP contribution in [0.3, 0.4) is 0 Å². The number of ether oxygens (including phenoxy) is 1. The molecule has 5 aromatic rings. The van der Waals surface area contributed by atoms with Gasteiger partial charge in [-0.25, -0.2) is 14.8 Å². The molecule has 290 valence electrons. The van der Waals surface area contributed by atoms with Gasteiger partial charge in [0, 0.05) is 24.7 Å². The van der Waals surface area contributed by atoms with Crippen LogP contribution in [-0.2, 0) is 20.9 Å². The van der Waals surface area contributed by atoms with Crippen molar-refractivity contribution in [2.45, 2.75) is 70.5 Å². The molecule has 2 saturated carbocycles. The highest BCUT2D eigenvalue weighted by molar-refractivity contribution is 5.86. The van der Waals surface area contributed by atoms with Crippen molar-refractivity contribution in [3.05, 3.63) is 102 Å². The summed E-state index contributed by atoms with van der Waals surface area (Å²) in [5.41, 5.74) is 13.6. The van der Waals surface area contributed by atoms with E-state index in [-0.39, 0.29) is 35.6 Å². The Morgan fingerprint density at radius 1 is 0.821 bits per heavy atom. The van der Waals surface area contributed by atoms with Gasteiger partial charge >= 0.3 is 6.09 Å². The first-order valence-electron chi connectivity index (χ1n) is 19.7. The lowest BCUT2D eigenvalue weighted by atomic mass is 9.78. The molecule has 2 bridgehead atoms. The highest BCUT2D eigenvalue weighted by atomic mass is 16.5. The second-order valence-electron chi connectivity index (χ2n) is 15.9. The first-order chi connectivity index (χ1) is 27.2. The standard InChI is InChI=1S/C44H50N8O4/c1-25(2)39(51-44(55)56-3)43(54)52-20-4-5-36(52)40-46-23-34(49-40)29-12-8-27(9-13-29)28-10-14-30(15-11-28)35-24-47-41(50-35)37-31-16-17-32(21-31)38(37)42(53)48-22-26-6-18-33(45)19-7-26/h6-15,18-19,23-25,31-32,36-39H,4-5,16-17,20-22,45H2,1-3H3,(H,46,49)(H,47,50)(H,48,53)(H,51,55)/t31?,32?,36-,37+,38+,39-/m0/s1. The number of H-pyrrole nitrogens is 2. The number of aromatic amines is 2. The van der Waals surface area contributed by atoms with E-state index in [2.05, 4.69) is 74.1 Å². The molecule has 2 aliphatic carbocycles. The van der Waals surface area contributed by atoms with Gasteiger partial charge in [0.25, 0.3) is 0 Å². The Morgan fingerprint density at radius 2 is 1.41 bits per heavy atom. The van der Waals surface area contributed by atoms with E-state index in [0.29, 0.717) is 30.6 Å². The second-order valence-corrected chi connectivity index (χ2v) is 15.9. The molecule has 3 fully saturated rings. The predicted molar refractivity (Wildman–Crippen MR) is 215 cm³/mol. The van der Waals surface area contributed by atoms with Crippen LogP contribution in [0.25, 0.3) is 33.6 Å². The molecule has 2 unspecified atom stereocenters. The maximum atomic E-state index is 13.6. The molecule has 3 amide bonds. The summed E-state index contributed by atoms with van der Waals surface area (Å²) in [7, 11) is 1.30. The first kappa shape index (κ1) is 37.0. The first-order valence-corrected chi connectivity index (χ1v) is 19.7. The molecule has 1 saturated heterocycles. The van der Waals surface area contributed by atoms with Crippen LogP contribution < -0.4 is 16.4 Å². The van der Waals surface area contributed by atoms with Gasteiger partial charge in [-0.05, 0) is 89.8 Å². The number of hydrogen-bond donors (Lipinski definition) is 5. The Bertz CT molecular complexity index is 2180. The Labute approximate surface area is 327 Å². The topological polar surface area (TPSA) is 171 Å². The van der Waals surface area contributed by atoms with Gasteiger partial charge in [-0.15, -0.1) is 0 Å². The van der Waals surface area contributed by atoms with E-state index in [9.17, 15) is 14.4 Å². The van der Waals surface area contributed by atoms with Gasteiger partial charge in [0.2, 0.25) is 11.8 Å². The van der Waals surface area contributed by atoms with Crippen LogP contribution in [0.4, 0.5) is 10.5 Å². The summed E-state index contributed by atoms with van der Waals surface area (Å²) in [5.74, 6) is 2.39. The Balaban J connectivity index is 0.914. The lowest BCUT2D eigenvalue weighted by Gasteiger charge is -2.30. The van der Waals surface area contributed by atoms with Crippen LogP contribution in [0.5, 0.6) is 0 Å². The van der Waals surface area contributed by atoms with Crippen LogP contribution in [0.15, 0.2) is 85.2 Å². The number of nitrogens with zero attached hydrogens (tertiary/aromatic N) is 3. The molecule has 6 atom stereocenters. The lowest BCUT2D eigenvalue weighted by molar-refractivity contribution is -0.135. The normalized spacial score (nSPS) is 22.0. The van der Waals surface area contributed by atoms with Crippen LogP contribution in [-0.4, -0.2) is 62.4 Å². The number of carbonyl (C=O) groups is 3. The lowest BCUT2D eigenvalue weighted by Crippen LogP contribution is -2.51. The summed E-state index contributed by atoms with van der Waals surface area (Å²) in [5, 5.41) is 5.90. The van der Waals surface area contributed by atoms with Gasteiger partial charge in [0.1, 0.15) is 17.7 Å². The molecule has 3 aromatic carbocycles. The third kappa shape index (κ3) is 7.39. The number of imidazole rings is 2. The number of amides is 3. The number of nitrogens with two attached hydrogens (primary N) is 1. The highest BCUT2D eigenvalue weighted by Crippen LogP contribution is 2.56. The van der Waals surface area contributed by atoms with Crippen LogP contribution >= 0.6 is 0 Å². The quantitative estimate of drug-likeness (QED) is 0.0888. The minimum atomic E-state index is -0.678. The Morgan fingerprint density at radius 3 is 2.04 bits per heavy atom. The third-order valence-corrected chi connectivity index (χ3v) is 12.1. The summed E-state index contributed by atoms with van der Waals surface area (Å²) >= 11 is 0. The summed E-state index contributed by atoms with van der Waals surface area (Å²) < 4.78 is 4.76. The van der Waals surface area contributed by atoms with Crippen molar-refractivity contribution in [1.29, 1.82) is 0 Å². The number of anilines is 1. The van der Waals surface area contributed by atoms with Crippen LogP contribution in [0.1, 0.15) is 75.1 Å². The van der Waals surface area contributed by atoms with Crippen molar-refractivity contribution in [3.8, 4) is 33.6 Å². The zero-order valence-corrected chi connectivity index (χ0v) is 32.1. The number of rotatable bonds is 11. The fourth-order valence-corrected chi connectivity index (χ4v) is 9.19. The molecule has 3 heterocycles. The van der Waals surface area contributed by atoms with Gasteiger partial charge in [0.05, 0.1) is 42.9 Å². The molecule has 0 radical (unpaired) electrons. The molecule has 12 heteroatoms. The van der Waals surface area contributed by atoms with Gasteiger partial charge in [-0.1, -0.05) is 74.5 Å². The number of likely N-dealkylation sites (tertiary alicyclic amines) is 1. The fraction of sp³-hybridized carbons (Fsp3) is 0.386. The molecular weight excluding hydrogens is 705 g/mol. The maximum absolute atomic E-state index is 13.6. The van der Waals surface area contributed by atoms with Crippen molar-refractivity contribution in [2.75, 3.05) is 19.4 Å². The molecule has 8 rings (SSSR count). The summed E-state index contributed by atoms with van der Waals surface area (Å²) in [6, 6.07) is 23.6. The number of fused-ring (bicyclic) bond motifs is 2. The van der Waals surface area contributed by atoms with E-state index in [1.54, 1.807) is 0 Å². The smallest absolute Gasteiger partial charge is 0.407 e. The van der Waals surface area contributed by atoms with Crippen molar-refractivity contribution < 1.29 is 19.1 Å². The summed E-state index contributed by atoms with van der Waals surface area (Å²) in [4.78, 5) is 57.5. The minimum absolute atomic E-state index is 0.0823. The van der Waals surface area contributed by atoms with Gasteiger partial charge < -0.3 is 36.0 Å². The average Bonchev–Trinajstić information content (AvgIpc) is 4.08. The van der Waals surface area contributed by atoms with E-state index >= 15 is 0 Å². The van der Waals surface area contributed by atoms with Crippen molar-refractivity contribution in [3.63, 3.8) is 0 Å². The Hall–Kier alpha value is -5.91. The molecule has 1 aliphatic heterocycles. The van der Waals surface area contributed by atoms with E-state index < -0.39 is 12.1 Å². The van der Waals surface area contributed by atoms with Crippen molar-refractivity contribution >= 4 is 23.6 Å². The monoisotopic (exact) mass is 754 g/mol. The number of hydrogen-bond acceptors (Lipinski definition) is 7. The molecule has 2 aromatic heterocycles. The molecule has 3 aliphatic rings. The van der Waals surface area contributed by atoms with Crippen LogP contribution in [0, 0.1) is 23.7 Å². The Kier molecular flexibility index (Phi) is 10.4. The van der Waals surface area contributed by atoms with E-state index in [1.165, 1.54) is 7.11 Å². The highest BCUT2D eigenvalue weighted by Gasteiger charge is 2.52. The summed E-state index contributed by atoms with van der Waals surface area (Å²) in [6.07, 6.45) is 8.06. The number of alkyl carbamates (subject to hydrolysis) is 1. The van der Waals surface area contributed by atoms with Gasteiger partial charge in [0.15, 0.2) is 0 Å². The maximum Gasteiger partial charge on any atom is 0.407 e. The van der Waals surface area contributed by atoms with E-state index in [4.69, 9.17) is 15.5 Å². The zero-order chi connectivity index (χ0) is 38.9. The number of benzene rings is 3. The number of nitrogens with one attached hydrogen (secondary N) is 4. The third-order valence-electron chi connectivity index (χ3n) is 12.1. The predicted octanol–water partition coefficient (Wildman–Crippen LogP) is 7.21. The zero-order valence-electron chi connectivity index (χ0n) is 32.1. The fourth-order valence-electron chi connectivity index (χ4n) is 9.19. The van der Waals surface area contributed by atoms with E-state index in [0.717, 1.165) is 83.0 Å². The number of carbonyl (C=O) groups excluding carboxylic acids is 3. The molecule has 12 nitrogen and oxygen atoms in total. The number of methoxy groups -OCH3 is 1. The van der Waals surface area contributed by atoms with Crippen LogP contribution in [0.2, 0.25) is 0 Å². The van der Waals surface area contributed by atoms with E-state index in [1.807, 2.05) is 55.4 Å². The van der Waals surface area contributed by atoms with Crippen molar-refractivity contribution in [1.82, 2.24) is 35.5 Å². The average molecular weight is 755 g/mol. The number of nitrogen functional groups attached to an aromatic ring is 1. The second kappa shape index (κ2) is 15.7. The van der Waals surface area contributed by atoms with Gasteiger partial charge in [-0.3, -0.25) is 9.59 Å². The number of aromatic nitrogens is 4. The SMILES string of the molecule is COC(=O)N[C@H](C(=O)N1CCC[C@H]1c1ncc(-c2ccc(-c3ccc(-c4cnc([C@@H]5C6CCC(C6)[C@H]5C(=O)NCc5ccc(N)cc5)[nH]4)cc3)cc2)[nH]1)C(C)C. The van der Waals surface area contributed by atoms with Gasteiger partial charge in [-0.2, -0.15) is 0 Å². The van der Waals surface area contributed by atoms with Crippen molar-refractivity contribution in [2.24, 2.45) is 23.7 Å². The summed E-state index contributed by atoms with van der Waals surface area (Å²) in [6.45, 7) is 4.91. The largest absolute Gasteiger partial charge is 0.453 e. The molecule has 56 heavy (non-hydrogen) atoms. The molecule has 0 spiro atoms. The molecular formula is C44H50N8O4. The minimum Gasteiger partial charge on any atom is -0.453 e. The molecule has 6 N–H and O–H groups in total.